The standard InChI is InChI=1S/C17H17ClF2N2O2/c1-2-7-17(20,13-4-3-8-21-15(13)23)16(24)22-10-11-5-6-12(18)9-14(11)19/h3-6,8-9H,2,7,10H2,1H3,(H,21,23)(H,22,24)/t17-/m0/s1. The molecule has 2 aromatic rings. The SMILES string of the molecule is CCC[C@@](F)(C(=O)NCc1ccc(Cl)cc1F)c1cccnc1O. The first-order chi connectivity index (χ1) is 11.4. The summed E-state index contributed by atoms with van der Waals surface area (Å²) in [4.78, 5) is 16.0. The molecule has 24 heavy (non-hydrogen) atoms. The Kier molecular flexibility index (Phi) is 5.72. The van der Waals surface area contributed by atoms with Crippen LogP contribution in [0.3, 0.4) is 0 Å². The highest BCUT2D eigenvalue weighted by molar-refractivity contribution is 6.30. The highest BCUT2D eigenvalue weighted by Crippen LogP contribution is 2.36. The number of pyridine rings is 1. The molecule has 0 radical (unpaired) electrons. The third-order valence-corrected chi connectivity index (χ3v) is 3.86. The summed E-state index contributed by atoms with van der Waals surface area (Å²) in [5.41, 5.74) is -2.47. The van der Waals surface area contributed by atoms with Gasteiger partial charge in [-0.3, -0.25) is 4.79 Å². The number of aromatic hydroxyl groups is 1. The predicted molar refractivity (Wildman–Crippen MR) is 86.9 cm³/mol. The van der Waals surface area contributed by atoms with Crippen molar-refractivity contribution in [1.29, 1.82) is 0 Å². The fraction of sp³-hybridized carbons (Fsp3) is 0.294. The minimum Gasteiger partial charge on any atom is -0.493 e. The Morgan fingerprint density at radius 1 is 1.42 bits per heavy atom. The van der Waals surface area contributed by atoms with Gasteiger partial charge in [-0.05, 0) is 30.7 Å². The van der Waals surface area contributed by atoms with Crippen molar-refractivity contribution >= 4 is 17.5 Å². The Bertz CT molecular complexity index is 742. The van der Waals surface area contributed by atoms with Gasteiger partial charge in [-0.15, -0.1) is 0 Å². The minimum absolute atomic E-state index is 0.138. The van der Waals surface area contributed by atoms with Gasteiger partial charge < -0.3 is 10.4 Å². The third-order valence-electron chi connectivity index (χ3n) is 3.62. The van der Waals surface area contributed by atoms with Crippen LogP contribution < -0.4 is 5.32 Å². The fourth-order valence-corrected chi connectivity index (χ4v) is 2.56. The molecule has 0 bridgehead atoms. The maximum Gasteiger partial charge on any atom is 0.262 e. The third kappa shape index (κ3) is 3.82. The van der Waals surface area contributed by atoms with Crippen LogP contribution in [0.5, 0.6) is 5.88 Å². The summed E-state index contributed by atoms with van der Waals surface area (Å²) in [6.07, 6.45) is 1.53. The first kappa shape index (κ1) is 18.1. The van der Waals surface area contributed by atoms with E-state index < -0.39 is 23.3 Å². The number of hydrogen-bond acceptors (Lipinski definition) is 3. The van der Waals surface area contributed by atoms with Crippen molar-refractivity contribution in [1.82, 2.24) is 10.3 Å². The van der Waals surface area contributed by atoms with Gasteiger partial charge in [0.2, 0.25) is 11.5 Å². The molecular weight excluding hydrogens is 338 g/mol. The Morgan fingerprint density at radius 2 is 2.17 bits per heavy atom. The van der Waals surface area contributed by atoms with Crippen LogP contribution in [0.2, 0.25) is 5.02 Å². The van der Waals surface area contributed by atoms with Crippen molar-refractivity contribution in [3.05, 3.63) is 58.5 Å². The van der Waals surface area contributed by atoms with Crippen molar-refractivity contribution in [3.63, 3.8) is 0 Å². The largest absolute Gasteiger partial charge is 0.493 e. The van der Waals surface area contributed by atoms with E-state index in [2.05, 4.69) is 10.3 Å². The van der Waals surface area contributed by atoms with Crippen molar-refractivity contribution in [2.75, 3.05) is 0 Å². The second kappa shape index (κ2) is 7.57. The molecule has 1 amide bonds. The number of carbonyl (C=O) groups excluding carboxylic acids is 1. The van der Waals surface area contributed by atoms with Crippen LogP contribution in [0, 0.1) is 5.82 Å². The summed E-state index contributed by atoms with van der Waals surface area (Å²) >= 11 is 5.67. The van der Waals surface area contributed by atoms with Crippen LogP contribution >= 0.6 is 11.6 Å². The molecule has 0 saturated heterocycles. The van der Waals surface area contributed by atoms with Crippen LogP contribution in [0.1, 0.15) is 30.9 Å². The molecule has 0 aliphatic carbocycles. The van der Waals surface area contributed by atoms with Crippen molar-refractivity contribution in [3.8, 4) is 5.88 Å². The summed E-state index contributed by atoms with van der Waals surface area (Å²) in [6, 6.07) is 6.75. The molecule has 4 nitrogen and oxygen atoms in total. The van der Waals surface area contributed by atoms with E-state index in [1.54, 1.807) is 6.92 Å². The highest BCUT2D eigenvalue weighted by Gasteiger charge is 2.42. The summed E-state index contributed by atoms with van der Waals surface area (Å²) in [7, 11) is 0. The van der Waals surface area contributed by atoms with E-state index in [0.717, 1.165) is 6.07 Å². The molecule has 1 heterocycles. The maximum absolute atomic E-state index is 15.3. The van der Waals surface area contributed by atoms with E-state index in [1.807, 2.05) is 0 Å². The topological polar surface area (TPSA) is 62.2 Å². The molecule has 0 unspecified atom stereocenters. The van der Waals surface area contributed by atoms with Gasteiger partial charge in [0, 0.05) is 23.3 Å². The van der Waals surface area contributed by atoms with Gasteiger partial charge in [0.05, 0.1) is 5.56 Å². The summed E-state index contributed by atoms with van der Waals surface area (Å²) in [5, 5.41) is 12.4. The monoisotopic (exact) mass is 354 g/mol. The molecule has 0 aliphatic heterocycles. The summed E-state index contributed by atoms with van der Waals surface area (Å²) in [6.45, 7) is 1.52. The lowest BCUT2D eigenvalue weighted by molar-refractivity contribution is -0.134. The number of nitrogens with one attached hydrogen (secondary N) is 1. The number of halogens is 3. The first-order valence-corrected chi connectivity index (χ1v) is 7.82. The van der Waals surface area contributed by atoms with Gasteiger partial charge in [-0.1, -0.05) is 31.0 Å². The van der Waals surface area contributed by atoms with Gasteiger partial charge in [-0.25, -0.2) is 13.8 Å². The summed E-state index contributed by atoms with van der Waals surface area (Å²) < 4.78 is 29.1. The van der Waals surface area contributed by atoms with Crippen LogP contribution in [0.25, 0.3) is 0 Å². The molecule has 0 spiro atoms. The van der Waals surface area contributed by atoms with Crippen molar-refractivity contribution in [2.45, 2.75) is 32.0 Å². The van der Waals surface area contributed by atoms with Crippen molar-refractivity contribution in [2.24, 2.45) is 0 Å². The Morgan fingerprint density at radius 3 is 2.79 bits per heavy atom. The molecule has 0 fully saturated rings. The molecule has 1 aromatic carbocycles. The predicted octanol–water partition coefficient (Wildman–Crippen LogP) is 3.86. The number of hydrogen-bond donors (Lipinski definition) is 2. The number of amides is 1. The molecule has 2 rings (SSSR count). The quantitative estimate of drug-likeness (QED) is 0.828. The molecular formula is C17H17ClF2N2O2. The van der Waals surface area contributed by atoms with E-state index in [0.29, 0.717) is 6.42 Å². The molecule has 2 N–H and O–H groups in total. The number of alkyl halides is 1. The second-order valence-corrected chi connectivity index (χ2v) is 5.78. The van der Waals surface area contributed by atoms with Gasteiger partial charge in [0.25, 0.3) is 5.91 Å². The molecule has 128 valence electrons. The molecule has 0 aliphatic rings. The highest BCUT2D eigenvalue weighted by atomic mass is 35.5. The zero-order chi connectivity index (χ0) is 17.7. The van der Waals surface area contributed by atoms with Crippen LogP contribution in [0.15, 0.2) is 36.5 Å². The average Bonchev–Trinajstić information content (AvgIpc) is 2.54. The van der Waals surface area contributed by atoms with E-state index >= 15 is 4.39 Å². The molecule has 0 saturated carbocycles. The Balaban J connectivity index is 2.22. The molecule has 7 heteroatoms. The van der Waals surface area contributed by atoms with Gasteiger partial charge in [0.15, 0.2) is 0 Å². The lowest BCUT2D eigenvalue weighted by atomic mass is 9.90. The fourth-order valence-electron chi connectivity index (χ4n) is 2.40. The summed E-state index contributed by atoms with van der Waals surface area (Å²) in [5.74, 6) is -2.09. The van der Waals surface area contributed by atoms with E-state index in [4.69, 9.17) is 11.6 Å². The van der Waals surface area contributed by atoms with E-state index in [9.17, 15) is 14.3 Å². The Labute approximate surface area is 143 Å². The van der Waals surface area contributed by atoms with E-state index in [-0.39, 0.29) is 29.1 Å². The number of benzene rings is 1. The first-order valence-electron chi connectivity index (χ1n) is 7.44. The van der Waals surface area contributed by atoms with Crippen LogP contribution in [-0.4, -0.2) is 16.0 Å². The zero-order valence-corrected chi connectivity index (χ0v) is 13.8. The number of rotatable bonds is 6. The maximum atomic E-state index is 15.3. The minimum atomic E-state index is -2.45. The van der Waals surface area contributed by atoms with Crippen LogP contribution in [-0.2, 0) is 17.0 Å². The smallest absolute Gasteiger partial charge is 0.262 e. The average molecular weight is 355 g/mol. The zero-order valence-electron chi connectivity index (χ0n) is 13.0. The van der Waals surface area contributed by atoms with Gasteiger partial charge in [0.1, 0.15) is 5.82 Å². The van der Waals surface area contributed by atoms with Gasteiger partial charge >= 0.3 is 0 Å². The lowest BCUT2D eigenvalue weighted by Gasteiger charge is -2.24. The normalized spacial score (nSPS) is 13.3. The number of aromatic nitrogens is 1. The second-order valence-electron chi connectivity index (χ2n) is 5.34. The van der Waals surface area contributed by atoms with Crippen molar-refractivity contribution < 1.29 is 18.7 Å². The molecule has 1 aromatic heterocycles. The number of carbonyl (C=O) groups is 1. The van der Waals surface area contributed by atoms with Gasteiger partial charge in [-0.2, -0.15) is 0 Å². The van der Waals surface area contributed by atoms with Crippen LogP contribution in [0.4, 0.5) is 8.78 Å². The molecule has 1 atom stereocenters. The Hall–Kier alpha value is -2.21. The van der Waals surface area contributed by atoms with E-state index in [1.165, 1.54) is 30.5 Å². The lowest BCUT2D eigenvalue weighted by Crippen LogP contribution is -2.41. The number of nitrogens with zero attached hydrogens (tertiary/aromatic N) is 1.